The van der Waals surface area contributed by atoms with Crippen LogP contribution in [0.15, 0.2) is 6.07 Å². The fourth-order valence-electron chi connectivity index (χ4n) is 4.85. The van der Waals surface area contributed by atoms with Gasteiger partial charge in [-0.05, 0) is 62.3 Å². The molecule has 12 nitrogen and oxygen atoms in total. The lowest BCUT2D eigenvalue weighted by atomic mass is 10.2. The normalized spacial score (nSPS) is 17.0. The maximum atomic E-state index is 14.2. The van der Waals surface area contributed by atoms with Crippen molar-refractivity contribution < 1.29 is 55.7 Å². The van der Waals surface area contributed by atoms with Gasteiger partial charge in [-0.15, -0.1) is 0 Å². The molecule has 284 valence electrons. The number of nitrogens with zero attached hydrogens (tertiary/aromatic N) is 4. The molecule has 50 heavy (non-hydrogen) atoms. The number of rotatable bonds is 9. The molecule has 0 atom stereocenters. The molecule has 1 heterocycles. The lowest BCUT2D eigenvalue weighted by molar-refractivity contribution is -0.158. The van der Waals surface area contributed by atoms with E-state index in [1.54, 1.807) is 77.0 Å². The largest absolute Gasteiger partial charge is 0.459 e. The molecule has 0 bridgehead atoms. The van der Waals surface area contributed by atoms with E-state index < -0.39 is 76.2 Å². The summed E-state index contributed by atoms with van der Waals surface area (Å²) in [6, 6.07) is 0.00545. The first-order valence-electron chi connectivity index (χ1n) is 16.5. The van der Waals surface area contributed by atoms with E-state index in [1.807, 2.05) is 4.90 Å². The number of hydrogen-bond donors (Lipinski definition) is 0. The highest BCUT2D eigenvalue weighted by molar-refractivity contribution is 5.75. The maximum Gasteiger partial charge on any atom is 0.325 e. The van der Waals surface area contributed by atoms with Crippen molar-refractivity contribution in [2.24, 2.45) is 0 Å². The van der Waals surface area contributed by atoms with Gasteiger partial charge in [-0.2, -0.15) is 8.78 Å². The molecular weight excluding hydrogens is 668 g/mol. The second-order valence-electron chi connectivity index (χ2n) is 15.1. The minimum atomic E-state index is -1.85. The number of benzene rings is 1. The summed E-state index contributed by atoms with van der Waals surface area (Å²) in [5, 5.41) is 0. The summed E-state index contributed by atoms with van der Waals surface area (Å²) in [6.07, 6.45) is 0. The highest BCUT2D eigenvalue weighted by Gasteiger charge is 2.28. The van der Waals surface area contributed by atoms with Crippen LogP contribution >= 0.6 is 0 Å². The zero-order chi connectivity index (χ0) is 38.0. The van der Waals surface area contributed by atoms with Gasteiger partial charge in [0.05, 0.1) is 26.2 Å². The van der Waals surface area contributed by atoms with E-state index in [0.717, 1.165) is 0 Å². The quantitative estimate of drug-likeness (QED) is 0.122. The second kappa shape index (κ2) is 18.2. The Morgan fingerprint density at radius 2 is 0.740 bits per heavy atom. The van der Waals surface area contributed by atoms with Crippen LogP contribution in [0.4, 0.5) is 17.6 Å². The van der Waals surface area contributed by atoms with Crippen LogP contribution in [0, 0.1) is 23.3 Å². The fraction of sp³-hybridized carbons (Fsp3) is 0.706. The second-order valence-corrected chi connectivity index (χ2v) is 15.1. The predicted octanol–water partition coefficient (Wildman–Crippen LogP) is 3.40. The van der Waals surface area contributed by atoms with Crippen molar-refractivity contribution in [3.05, 3.63) is 29.3 Å². The molecule has 0 unspecified atom stereocenters. The summed E-state index contributed by atoms with van der Waals surface area (Å²) in [7, 11) is 0. The fourth-order valence-corrected chi connectivity index (χ4v) is 4.85. The van der Waals surface area contributed by atoms with Gasteiger partial charge in [0.15, 0.2) is 11.6 Å². The molecule has 0 amide bonds. The smallest absolute Gasteiger partial charge is 0.325 e. The monoisotopic (exact) mass is 720 g/mol. The van der Waals surface area contributed by atoms with E-state index in [0.29, 0.717) is 13.1 Å². The minimum absolute atomic E-state index is 0.00545. The molecule has 16 heteroatoms. The van der Waals surface area contributed by atoms with Gasteiger partial charge in [-0.3, -0.25) is 38.8 Å². The number of hydrogen-bond acceptors (Lipinski definition) is 12. The van der Waals surface area contributed by atoms with Crippen LogP contribution in [0.5, 0.6) is 5.75 Å². The summed E-state index contributed by atoms with van der Waals surface area (Å²) >= 11 is 0. The predicted molar refractivity (Wildman–Crippen MR) is 175 cm³/mol. The van der Waals surface area contributed by atoms with Crippen LogP contribution < -0.4 is 4.74 Å². The zero-order valence-electron chi connectivity index (χ0n) is 30.6. The van der Waals surface area contributed by atoms with Gasteiger partial charge < -0.3 is 18.9 Å². The van der Waals surface area contributed by atoms with Gasteiger partial charge in [0.25, 0.3) is 0 Å². The molecule has 0 aliphatic carbocycles. The van der Waals surface area contributed by atoms with Crippen molar-refractivity contribution in [2.75, 3.05) is 78.5 Å². The van der Waals surface area contributed by atoms with Crippen molar-refractivity contribution in [1.29, 1.82) is 0 Å². The third-order valence-corrected chi connectivity index (χ3v) is 6.89. The third-order valence-electron chi connectivity index (χ3n) is 6.89. The van der Waals surface area contributed by atoms with E-state index in [9.17, 15) is 36.7 Å². The lowest BCUT2D eigenvalue weighted by Gasteiger charge is -2.34. The van der Waals surface area contributed by atoms with Crippen molar-refractivity contribution in [3.8, 4) is 5.75 Å². The number of ether oxygens (including phenoxy) is 4. The molecule has 1 aliphatic heterocycles. The minimum Gasteiger partial charge on any atom is -0.459 e. The Bertz CT molecular complexity index is 1270. The van der Waals surface area contributed by atoms with E-state index >= 15 is 0 Å². The number of carbonyl (C=O) groups is 4. The summed E-state index contributed by atoms with van der Waals surface area (Å²) in [5.74, 6) is -11.3. The highest BCUT2D eigenvalue weighted by atomic mass is 19.2. The Kier molecular flexibility index (Phi) is 15.6. The van der Waals surface area contributed by atoms with Gasteiger partial charge in [-0.1, -0.05) is 0 Å². The van der Waals surface area contributed by atoms with Crippen molar-refractivity contribution in [3.63, 3.8) is 0 Å². The van der Waals surface area contributed by atoms with E-state index in [4.69, 9.17) is 18.9 Å². The number of halogens is 4. The Balaban J connectivity index is 2.36. The molecule has 0 N–H and O–H groups in total. The summed E-state index contributed by atoms with van der Waals surface area (Å²) in [5.41, 5.74) is -2.21. The first kappa shape index (κ1) is 42.8. The van der Waals surface area contributed by atoms with Crippen molar-refractivity contribution in [1.82, 2.24) is 19.6 Å². The van der Waals surface area contributed by atoms with Crippen LogP contribution in [0.2, 0.25) is 0 Å². The van der Waals surface area contributed by atoms with E-state index in [2.05, 4.69) is 0 Å². The van der Waals surface area contributed by atoms with Gasteiger partial charge in [0.1, 0.15) is 16.8 Å². The standard InChI is InChI=1S/C34H52F4N4O8/c1-32(2,3)48-26(44)20-40-12-10-39(19-25(43)47-31-29(37)23(35)18-24(36)30(31)38)11-13-41(21-27(45)49-33(4,5)6)15-17-42(16-14-40)22-28(46)50-34(7,8)9/h18H,10-17,19-22H2,1-9H3. The van der Waals surface area contributed by atoms with Crippen molar-refractivity contribution >= 4 is 23.9 Å². The maximum absolute atomic E-state index is 14.2. The molecule has 2 rings (SSSR count). The topological polar surface area (TPSA) is 118 Å². The van der Waals surface area contributed by atoms with Crippen LogP contribution in [0.3, 0.4) is 0 Å². The molecule has 1 aliphatic rings. The summed E-state index contributed by atoms with van der Waals surface area (Å²) in [6.45, 7) is 16.6. The molecule has 0 saturated carbocycles. The number of esters is 4. The van der Waals surface area contributed by atoms with Gasteiger partial charge in [0.2, 0.25) is 17.4 Å². The Hall–Kier alpha value is -3.34. The molecular formula is C34H52F4N4O8. The van der Waals surface area contributed by atoms with Crippen LogP contribution in [-0.4, -0.2) is 139 Å². The van der Waals surface area contributed by atoms with Gasteiger partial charge >= 0.3 is 23.9 Å². The van der Waals surface area contributed by atoms with Crippen LogP contribution in [-0.2, 0) is 33.4 Å². The third kappa shape index (κ3) is 16.6. The summed E-state index contributed by atoms with van der Waals surface area (Å²) < 4.78 is 77.3. The molecule has 1 saturated heterocycles. The Labute approximate surface area is 291 Å². The van der Waals surface area contributed by atoms with E-state index in [1.165, 1.54) is 0 Å². The summed E-state index contributed by atoms with van der Waals surface area (Å²) in [4.78, 5) is 58.3. The van der Waals surface area contributed by atoms with Gasteiger partial charge in [-0.25, -0.2) is 8.78 Å². The Morgan fingerprint density at radius 1 is 0.500 bits per heavy atom. The zero-order valence-corrected chi connectivity index (χ0v) is 30.6. The molecule has 0 radical (unpaired) electrons. The molecule has 1 fully saturated rings. The highest BCUT2D eigenvalue weighted by Crippen LogP contribution is 2.26. The first-order valence-corrected chi connectivity index (χ1v) is 16.5. The van der Waals surface area contributed by atoms with Crippen molar-refractivity contribution in [2.45, 2.75) is 79.1 Å². The average molecular weight is 721 g/mol. The molecule has 0 spiro atoms. The average Bonchev–Trinajstić information content (AvgIpc) is 2.92. The van der Waals surface area contributed by atoms with E-state index in [-0.39, 0.29) is 65.0 Å². The van der Waals surface area contributed by atoms with Crippen LogP contribution in [0.1, 0.15) is 62.3 Å². The number of carbonyl (C=O) groups excluding carboxylic acids is 4. The molecule has 1 aromatic rings. The first-order chi connectivity index (χ1) is 22.9. The molecule has 0 aromatic heterocycles. The van der Waals surface area contributed by atoms with Gasteiger partial charge in [0, 0.05) is 58.4 Å². The Morgan fingerprint density at radius 3 is 0.980 bits per heavy atom. The van der Waals surface area contributed by atoms with Crippen LogP contribution in [0.25, 0.3) is 0 Å². The SMILES string of the molecule is CC(C)(C)OC(=O)CN1CCN(CC(=O)Oc2c(F)c(F)cc(F)c2F)CCN(CC(=O)OC(C)(C)C)CCN(CC(=O)OC(C)(C)C)CC1. The molecule has 1 aromatic carbocycles. The lowest BCUT2D eigenvalue weighted by Crippen LogP contribution is -2.50.